The van der Waals surface area contributed by atoms with Crippen LogP contribution in [0.5, 0.6) is 17.2 Å². The Bertz CT molecular complexity index is 1670. The van der Waals surface area contributed by atoms with E-state index >= 15 is 0 Å². The second-order valence-corrected chi connectivity index (χ2v) is 10.5. The van der Waals surface area contributed by atoms with E-state index in [1.54, 1.807) is 68.4 Å². The first-order valence-corrected chi connectivity index (χ1v) is 14.2. The van der Waals surface area contributed by atoms with E-state index in [2.05, 4.69) is 25.8 Å². The van der Waals surface area contributed by atoms with Gasteiger partial charge in [-0.2, -0.15) is 0 Å². The van der Waals surface area contributed by atoms with Crippen molar-refractivity contribution in [1.29, 1.82) is 0 Å². The highest BCUT2D eigenvalue weighted by atomic mass is 32.2. The van der Waals surface area contributed by atoms with Crippen LogP contribution in [-0.2, 0) is 11.3 Å². The van der Waals surface area contributed by atoms with Crippen molar-refractivity contribution < 1.29 is 23.8 Å². The molecule has 0 spiro atoms. The van der Waals surface area contributed by atoms with E-state index in [1.807, 2.05) is 24.3 Å². The lowest BCUT2D eigenvalue weighted by Gasteiger charge is -2.15. The predicted octanol–water partition coefficient (Wildman–Crippen LogP) is 4.56. The summed E-state index contributed by atoms with van der Waals surface area (Å²) < 4.78 is 19.0. The monoisotopic (exact) mass is 590 g/mol. The van der Waals surface area contributed by atoms with Crippen molar-refractivity contribution in [3.8, 4) is 22.9 Å². The summed E-state index contributed by atoms with van der Waals surface area (Å²) in [6, 6.07) is 19.8. The molecule has 0 atom stereocenters. The summed E-state index contributed by atoms with van der Waals surface area (Å²) in [6.07, 6.45) is 0. The maximum Gasteiger partial charge on any atom is 0.251 e. The number of aromatic nitrogens is 4. The summed E-state index contributed by atoms with van der Waals surface area (Å²) in [6.45, 7) is 0.0574. The number of carbonyl (C=O) groups is 2. The largest absolute Gasteiger partial charge is 0.497 e. The van der Waals surface area contributed by atoms with E-state index in [4.69, 9.17) is 14.2 Å². The van der Waals surface area contributed by atoms with Gasteiger partial charge in [-0.05, 0) is 42.5 Å². The highest BCUT2D eigenvalue weighted by molar-refractivity contribution is 7.99. The second-order valence-electron chi connectivity index (χ2n) is 8.51. The molecule has 0 radical (unpaired) electrons. The minimum atomic E-state index is -0.305. The maximum absolute atomic E-state index is 12.9. The number of methoxy groups -OCH3 is 3. The standard InChI is InChI=1S/C28H26N6O5S2/c1-37-18-8-6-7-17(13-18)26(36)29-15-24-32-33-28(34(24)21-14-19(38-2)11-12-22(21)39-3)40-16-25(35)31-27-30-20-9-4-5-10-23(20)41-27/h4-14H,15-16H2,1-3H3,(H,29,36)(H,30,31,35). The average molecular weight is 591 g/mol. The SMILES string of the molecule is COc1cccc(C(=O)NCc2nnc(SCC(=O)Nc3nc4ccccc4s3)n2-c2cc(OC)ccc2OC)c1. The molecule has 5 rings (SSSR count). The number of ether oxygens (including phenoxy) is 3. The molecule has 13 heteroatoms. The van der Waals surface area contributed by atoms with Crippen LogP contribution in [-0.4, -0.2) is 58.6 Å². The number of thioether (sulfide) groups is 1. The van der Waals surface area contributed by atoms with Crippen molar-refractivity contribution >= 4 is 50.3 Å². The van der Waals surface area contributed by atoms with Crippen molar-refractivity contribution in [2.45, 2.75) is 11.7 Å². The highest BCUT2D eigenvalue weighted by Gasteiger charge is 2.21. The minimum absolute atomic E-state index is 0.0521. The number of nitrogens with one attached hydrogen (secondary N) is 2. The van der Waals surface area contributed by atoms with Gasteiger partial charge in [-0.3, -0.25) is 14.2 Å². The molecule has 41 heavy (non-hydrogen) atoms. The number of thiazole rings is 1. The van der Waals surface area contributed by atoms with E-state index in [1.165, 1.54) is 23.1 Å². The van der Waals surface area contributed by atoms with E-state index < -0.39 is 0 Å². The molecule has 0 unspecified atom stereocenters. The van der Waals surface area contributed by atoms with Gasteiger partial charge in [0.05, 0.1) is 49.5 Å². The highest BCUT2D eigenvalue weighted by Crippen LogP contribution is 2.32. The second kappa shape index (κ2) is 12.7. The molecule has 2 amide bonds. The molecule has 0 saturated heterocycles. The molecule has 5 aromatic rings. The molecule has 11 nitrogen and oxygen atoms in total. The molecule has 3 aromatic carbocycles. The number of benzene rings is 3. The van der Waals surface area contributed by atoms with Crippen LogP contribution >= 0.6 is 23.1 Å². The van der Waals surface area contributed by atoms with Crippen molar-refractivity contribution in [2.75, 3.05) is 32.4 Å². The quantitative estimate of drug-likeness (QED) is 0.213. The first-order chi connectivity index (χ1) is 20.0. The number of amides is 2. The van der Waals surface area contributed by atoms with Gasteiger partial charge in [-0.25, -0.2) is 4.98 Å². The van der Waals surface area contributed by atoms with Gasteiger partial charge in [-0.1, -0.05) is 41.3 Å². The first kappa shape index (κ1) is 27.9. The summed E-state index contributed by atoms with van der Waals surface area (Å²) in [5, 5.41) is 15.3. The Morgan fingerprint density at radius 2 is 1.73 bits per heavy atom. The zero-order valence-electron chi connectivity index (χ0n) is 22.4. The number of carbonyl (C=O) groups excluding carboxylic acids is 2. The Balaban J connectivity index is 1.38. The van der Waals surface area contributed by atoms with E-state index in [0.717, 1.165) is 10.2 Å². The molecule has 2 aromatic heterocycles. The third-order valence-corrected chi connectivity index (χ3v) is 7.82. The third kappa shape index (κ3) is 6.42. The number of hydrogen-bond donors (Lipinski definition) is 2. The maximum atomic E-state index is 12.9. The molecular weight excluding hydrogens is 564 g/mol. The Morgan fingerprint density at radius 1 is 0.927 bits per heavy atom. The number of hydrogen-bond acceptors (Lipinski definition) is 10. The fourth-order valence-corrected chi connectivity index (χ4v) is 5.60. The summed E-state index contributed by atoms with van der Waals surface area (Å²) in [4.78, 5) is 30.2. The number of anilines is 1. The molecule has 2 N–H and O–H groups in total. The Hall–Kier alpha value is -4.62. The smallest absolute Gasteiger partial charge is 0.251 e. The lowest BCUT2D eigenvalue weighted by atomic mass is 10.2. The molecule has 0 aliphatic heterocycles. The van der Waals surface area contributed by atoms with E-state index in [0.29, 0.717) is 44.6 Å². The zero-order chi connectivity index (χ0) is 28.8. The Morgan fingerprint density at radius 3 is 2.51 bits per heavy atom. The molecule has 0 bridgehead atoms. The molecule has 0 saturated carbocycles. The summed E-state index contributed by atoms with van der Waals surface area (Å²) in [5.74, 6) is 1.63. The van der Waals surface area contributed by atoms with E-state index in [-0.39, 0.29) is 24.1 Å². The van der Waals surface area contributed by atoms with Gasteiger partial charge in [-0.15, -0.1) is 10.2 Å². The minimum Gasteiger partial charge on any atom is -0.497 e. The van der Waals surface area contributed by atoms with Gasteiger partial charge < -0.3 is 24.8 Å². The van der Waals surface area contributed by atoms with Crippen LogP contribution in [0, 0.1) is 0 Å². The van der Waals surface area contributed by atoms with Gasteiger partial charge in [0.25, 0.3) is 5.91 Å². The number of nitrogens with zero attached hydrogens (tertiary/aromatic N) is 4. The van der Waals surface area contributed by atoms with Gasteiger partial charge in [0.15, 0.2) is 16.1 Å². The number of para-hydroxylation sites is 1. The fraction of sp³-hybridized carbons (Fsp3) is 0.179. The normalized spacial score (nSPS) is 10.8. The van der Waals surface area contributed by atoms with Gasteiger partial charge in [0, 0.05) is 11.6 Å². The van der Waals surface area contributed by atoms with Crippen LogP contribution in [0.2, 0.25) is 0 Å². The van der Waals surface area contributed by atoms with Crippen molar-refractivity contribution in [1.82, 2.24) is 25.1 Å². The van der Waals surface area contributed by atoms with Crippen molar-refractivity contribution in [3.63, 3.8) is 0 Å². The van der Waals surface area contributed by atoms with Crippen LogP contribution in [0.15, 0.2) is 71.9 Å². The Kier molecular flexibility index (Phi) is 8.65. The van der Waals surface area contributed by atoms with Crippen LogP contribution < -0.4 is 24.8 Å². The lowest BCUT2D eigenvalue weighted by molar-refractivity contribution is -0.113. The van der Waals surface area contributed by atoms with Crippen molar-refractivity contribution in [2.24, 2.45) is 0 Å². The molecule has 0 aliphatic rings. The van der Waals surface area contributed by atoms with Gasteiger partial charge in [0.2, 0.25) is 5.91 Å². The predicted molar refractivity (Wildman–Crippen MR) is 158 cm³/mol. The van der Waals surface area contributed by atoms with Gasteiger partial charge in [0.1, 0.15) is 17.2 Å². The summed E-state index contributed by atoms with van der Waals surface area (Å²) >= 11 is 2.60. The average Bonchev–Trinajstić information content (AvgIpc) is 3.61. The van der Waals surface area contributed by atoms with Crippen LogP contribution in [0.25, 0.3) is 15.9 Å². The number of rotatable bonds is 11. The molecule has 0 aliphatic carbocycles. The number of fused-ring (bicyclic) bond motifs is 1. The molecule has 0 fully saturated rings. The van der Waals surface area contributed by atoms with Crippen molar-refractivity contribution in [3.05, 3.63) is 78.1 Å². The summed E-state index contributed by atoms with van der Waals surface area (Å²) in [5.41, 5.74) is 1.86. The van der Waals surface area contributed by atoms with Gasteiger partial charge >= 0.3 is 0 Å². The fourth-order valence-electron chi connectivity index (χ4n) is 3.96. The Labute approximate surface area is 243 Å². The van der Waals surface area contributed by atoms with E-state index in [9.17, 15) is 9.59 Å². The summed E-state index contributed by atoms with van der Waals surface area (Å²) in [7, 11) is 4.66. The molecule has 210 valence electrons. The van der Waals surface area contributed by atoms with Crippen LogP contribution in [0.4, 0.5) is 5.13 Å². The van der Waals surface area contributed by atoms with Crippen LogP contribution in [0.1, 0.15) is 16.2 Å². The molecule has 2 heterocycles. The first-order valence-electron chi connectivity index (χ1n) is 12.4. The zero-order valence-corrected chi connectivity index (χ0v) is 24.0. The van der Waals surface area contributed by atoms with Crippen LogP contribution in [0.3, 0.4) is 0 Å². The topological polar surface area (TPSA) is 129 Å². The molecular formula is C28H26N6O5S2. The third-order valence-electron chi connectivity index (χ3n) is 5.94. The lowest BCUT2D eigenvalue weighted by Crippen LogP contribution is -2.24.